The lowest BCUT2D eigenvalue weighted by atomic mass is 10.1. The second-order valence-electron chi connectivity index (χ2n) is 4.36. The highest BCUT2D eigenvalue weighted by Crippen LogP contribution is 2.34. The van der Waals surface area contributed by atoms with Gasteiger partial charge in [-0.15, -0.1) is 0 Å². The molecule has 2 N–H and O–H groups in total. The summed E-state index contributed by atoms with van der Waals surface area (Å²) in [4.78, 5) is 4.81. The van der Waals surface area contributed by atoms with Crippen LogP contribution in [0.1, 0.15) is 25.7 Å². The van der Waals surface area contributed by atoms with Crippen molar-refractivity contribution in [2.24, 2.45) is 16.6 Å². The molecule has 0 atom stereocenters. The molecule has 0 heterocycles. The molecule has 1 fully saturated rings. The predicted octanol–water partition coefficient (Wildman–Crippen LogP) is 4.18. The summed E-state index contributed by atoms with van der Waals surface area (Å²) in [6, 6.07) is 6.90. The summed E-state index contributed by atoms with van der Waals surface area (Å²) in [5.74, 6) is -1.54. The third kappa shape index (κ3) is 3.45. The number of thioether (sulfide) groups is 1. The van der Waals surface area contributed by atoms with Crippen LogP contribution in [0.2, 0.25) is 0 Å². The molecule has 0 amide bonds. The van der Waals surface area contributed by atoms with Crippen LogP contribution in [-0.2, 0) is 0 Å². The second kappa shape index (κ2) is 6.18. The molecular weight excluding hydrogens is 254 g/mol. The molecule has 0 radical (unpaired) electrons. The molecule has 98 valence electrons. The average Bonchev–Trinajstić information content (AvgIpc) is 2.84. The minimum atomic E-state index is -2.44. The van der Waals surface area contributed by atoms with Gasteiger partial charge in [0, 0.05) is 10.8 Å². The number of hydrogen-bond acceptors (Lipinski definition) is 2. The van der Waals surface area contributed by atoms with E-state index >= 15 is 0 Å². The van der Waals surface area contributed by atoms with E-state index in [1.807, 2.05) is 0 Å². The van der Waals surface area contributed by atoms with E-state index in [1.54, 1.807) is 24.3 Å². The van der Waals surface area contributed by atoms with Crippen LogP contribution in [-0.4, -0.2) is 11.6 Å². The first-order chi connectivity index (χ1) is 8.66. The van der Waals surface area contributed by atoms with Crippen LogP contribution in [0.25, 0.3) is 0 Å². The maximum Gasteiger partial charge on any atom is 0.288 e. The van der Waals surface area contributed by atoms with Crippen LogP contribution in [0.5, 0.6) is 0 Å². The van der Waals surface area contributed by atoms with Gasteiger partial charge >= 0.3 is 0 Å². The fourth-order valence-electron chi connectivity index (χ4n) is 2.20. The number of para-hydroxylation sites is 1. The van der Waals surface area contributed by atoms with Gasteiger partial charge in [-0.05, 0) is 25.0 Å². The topological polar surface area (TPSA) is 38.4 Å². The van der Waals surface area contributed by atoms with Gasteiger partial charge in [-0.25, -0.2) is 4.99 Å². The van der Waals surface area contributed by atoms with Gasteiger partial charge in [0.15, 0.2) is 0 Å². The normalized spacial score (nSPS) is 17.6. The number of hydrogen-bond donors (Lipinski definition) is 1. The van der Waals surface area contributed by atoms with Gasteiger partial charge in [0.05, 0.1) is 5.69 Å². The molecule has 0 aromatic heterocycles. The lowest BCUT2D eigenvalue weighted by Gasteiger charge is -2.10. The molecule has 18 heavy (non-hydrogen) atoms. The average molecular weight is 270 g/mol. The zero-order valence-corrected chi connectivity index (χ0v) is 10.8. The highest BCUT2D eigenvalue weighted by Gasteiger charge is 2.19. The number of amidine groups is 1. The molecule has 1 aromatic carbocycles. The van der Waals surface area contributed by atoms with E-state index in [9.17, 15) is 8.78 Å². The first-order valence-electron chi connectivity index (χ1n) is 6.04. The molecule has 1 aliphatic carbocycles. The van der Waals surface area contributed by atoms with Crippen molar-refractivity contribution in [3.63, 3.8) is 0 Å². The van der Waals surface area contributed by atoms with E-state index in [1.165, 1.54) is 12.8 Å². The quantitative estimate of drug-likeness (QED) is 0.506. The van der Waals surface area contributed by atoms with Crippen LogP contribution in [0.4, 0.5) is 14.5 Å². The summed E-state index contributed by atoms with van der Waals surface area (Å²) in [5.41, 5.74) is 6.51. The van der Waals surface area contributed by atoms with Gasteiger partial charge in [0.1, 0.15) is 5.84 Å². The summed E-state index contributed by atoms with van der Waals surface area (Å²) >= 11 is 0.514. The standard InChI is InChI=1S/C13H16F2N2S/c14-13(15)18-11-8-4-3-7-10(11)17-12(16)9-5-1-2-6-9/h3-4,7-9,13H,1-2,5-6H2,(H2,16,17). The van der Waals surface area contributed by atoms with Crippen molar-refractivity contribution in [1.29, 1.82) is 0 Å². The molecule has 1 aliphatic rings. The van der Waals surface area contributed by atoms with Crippen LogP contribution in [0, 0.1) is 5.92 Å². The Labute approximate surface area is 110 Å². The Balaban J connectivity index is 2.19. The zero-order chi connectivity index (χ0) is 13.0. The Morgan fingerprint density at radius 2 is 1.94 bits per heavy atom. The SMILES string of the molecule is NC(=Nc1ccccc1SC(F)F)C1CCCC1. The molecule has 1 saturated carbocycles. The van der Waals surface area contributed by atoms with Crippen molar-refractivity contribution in [3.8, 4) is 0 Å². The minimum Gasteiger partial charge on any atom is -0.387 e. The first kappa shape index (κ1) is 13.3. The van der Waals surface area contributed by atoms with Crippen molar-refractivity contribution in [3.05, 3.63) is 24.3 Å². The maximum absolute atomic E-state index is 12.4. The van der Waals surface area contributed by atoms with E-state index in [2.05, 4.69) is 4.99 Å². The molecule has 2 rings (SSSR count). The van der Waals surface area contributed by atoms with Gasteiger partial charge in [-0.1, -0.05) is 36.7 Å². The number of benzene rings is 1. The summed E-state index contributed by atoms with van der Waals surface area (Å²) in [6.07, 6.45) is 4.46. The van der Waals surface area contributed by atoms with Crippen LogP contribution >= 0.6 is 11.8 Å². The Morgan fingerprint density at radius 1 is 1.28 bits per heavy atom. The number of alkyl halides is 2. The van der Waals surface area contributed by atoms with Crippen molar-refractivity contribution >= 4 is 23.3 Å². The Morgan fingerprint density at radius 3 is 2.61 bits per heavy atom. The lowest BCUT2D eigenvalue weighted by Crippen LogP contribution is -2.20. The largest absolute Gasteiger partial charge is 0.387 e. The van der Waals surface area contributed by atoms with Crippen molar-refractivity contribution < 1.29 is 8.78 Å². The summed E-state index contributed by atoms with van der Waals surface area (Å²) in [7, 11) is 0. The number of halogens is 2. The number of nitrogens with zero attached hydrogens (tertiary/aromatic N) is 1. The summed E-state index contributed by atoms with van der Waals surface area (Å²) in [5, 5.41) is 0. The van der Waals surface area contributed by atoms with Gasteiger partial charge in [-0.2, -0.15) is 8.78 Å². The summed E-state index contributed by atoms with van der Waals surface area (Å²) < 4.78 is 24.8. The molecule has 0 unspecified atom stereocenters. The number of nitrogens with two attached hydrogens (primary N) is 1. The van der Waals surface area contributed by atoms with Gasteiger partial charge in [-0.3, -0.25) is 0 Å². The summed E-state index contributed by atoms with van der Waals surface area (Å²) in [6.45, 7) is 0. The third-order valence-corrected chi connectivity index (χ3v) is 3.88. The third-order valence-electron chi connectivity index (χ3n) is 3.10. The van der Waals surface area contributed by atoms with E-state index < -0.39 is 5.76 Å². The van der Waals surface area contributed by atoms with Crippen LogP contribution in [0.3, 0.4) is 0 Å². The minimum absolute atomic E-state index is 0.314. The highest BCUT2D eigenvalue weighted by molar-refractivity contribution is 7.99. The monoisotopic (exact) mass is 270 g/mol. The lowest BCUT2D eigenvalue weighted by molar-refractivity contribution is 0.252. The second-order valence-corrected chi connectivity index (χ2v) is 5.40. The molecule has 0 aliphatic heterocycles. The molecule has 1 aromatic rings. The van der Waals surface area contributed by atoms with E-state index in [0.29, 0.717) is 34.1 Å². The Hall–Kier alpha value is -1.10. The van der Waals surface area contributed by atoms with Crippen LogP contribution in [0.15, 0.2) is 34.2 Å². The Kier molecular flexibility index (Phi) is 4.58. The molecule has 0 bridgehead atoms. The van der Waals surface area contributed by atoms with Gasteiger partial charge in [0.25, 0.3) is 5.76 Å². The van der Waals surface area contributed by atoms with Crippen LogP contribution < -0.4 is 5.73 Å². The molecular formula is C13H16F2N2S. The fourth-order valence-corrected chi connectivity index (χ4v) is 2.78. The molecule has 0 spiro atoms. The van der Waals surface area contributed by atoms with Crippen molar-refractivity contribution in [2.75, 3.05) is 0 Å². The molecule has 0 saturated heterocycles. The smallest absolute Gasteiger partial charge is 0.288 e. The van der Waals surface area contributed by atoms with Gasteiger partial charge < -0.3 is 5.73 Å². The van der Waals surface area contributed by atoms with Gasteiger partial charge in [0.2, 0.25) is 0 Å². The van der Waals surface area contributed by atoms with Crippen molar-refractivity contribution in [1.82, 2.24) is 0 Å². The van der Waals surface area contributed by atoms with E-state index in [4.69, 9.17) is 5.73 Å². The van der Waals surface area contributed by atoms with E-state index in [-0.39, 0.29) is 0 Å². The molecule has 5 heteroatoms. The Bertz CT molecular complexity index is 429. The van der Waals surface area contributed by atoms with E-state index in [0.717, 1.165) is 12.8 Å². The maximum atomic E-state index is 12.4. The highest BCUT2D eigenvalue weighted by atomic mass is 32.2. The fraction of sp³-hybridized carbons (Fsp3) is 0.462. The first-order valence-corrected chi connectivity index (χ1v) is 6.92. The number of rotatable bonds is 4. The number of aliphatic imine (C=N–C) groups is 1. The zero-order valence-electron chi connectivity index (χ0n) is 9.98. The van der Waals surface area contributed by atoms with Crippen molar-refractivity contribution in [2.45, 2.75) is 36.3 Å². The molecule has 2 nitrogen and oxygen atoms in total. The predicted molar refractivity (Wildman–Crippen MR) is 71.5 cm³/mol.